The van der Waals surface area contributed by atoms with Crippen molar-refractivity contribution in [1.82, 2.24) is 20.4 Å². The number of hydrogen-bond donors (Lipinski definition) is 1. The average Bonchev–Trinajstić information content (AvgIpc) is 3.02. The molecule has 0 aliphatic rings. The summed E-state index contributed by atoms with van der Waals surface area (Å²) in [7, 11) is 1.75. The Hall–Kier alpha value is -2.08. The molecule has 23 heavy (non-hydrogen) atoms. The molecular weight excluding hydrogens is 316 g/mol. The lowest BCUT2D eigenvalue weighted by molar-refractivity contribution is 0.205. The molecule has 1 aromatic heterocycles. The highest BCUT2D eigenvalue weighted by atomic mass is 35.5. The third-order valence-corrected chi connectivity index (χ3v) is 3.81. The predicted molar refractivity (Wildman–Crippen MR) is 89.4 cm³/mol. The van der Waals surface area contributed by atoms with Gasteiger partial charge in [-0.25, -0.2) is 4.79 Å². The molecule has 0 aliphatic heterocycles. The molecule has 1 unspecified atom stereocenters. The number of halogens is 1. The van der Waals surface area contributed by atoms with Crippen LogP contribution in [-0.4, -0.2) is 40.7 Å². The average molecular weight is 337 g/mol. The highest BCUT2D eigenvalue weighted by Crippen LogP contribution is 2.19. The van der Waals surface area contributed by atoms with E-state index in [-0.39, 0.29) is 12.1 Å². The molecule has 2 rings (SSSR count). The van der Waals surface area contributed by atoms with Gasteiger partial charge in [-0.1, -0.05) is 23.7 Å². The van der Waals surface area contributed by atoms with Crippen LogP contribution in [0.3, 0.4) is 0 Å². The number of hydrogen-bond acceptors (Lipinski definition) is 4. The number of nitrogens with one attached hydrogen (secondary N) is 1. The Morgan fingerprint density at radius 3 is 2.74 bits per heavy atom. The van der Waals surface area contributed by atoms with E-state index in [1.54, 1.807) is 24.1 Å². The van der Waals surface area contributed by atoms with E-state index in [0.717, 1.165) is 12.0 Å². The van der Waals surface area contributed by atoms with Crippen molar-refractivity contribution in [2.24, 2.45) is 0 Å². The van der Waals surface area contributed by atoms with E-state index in [9.17, 15) is 4.79 Å². The summed E-state index contributed by atoms with van der Waals surface area (Å²) in [6, 6.07) is 7.26. The van der Waals surface area contributed by atoms with Crippen molar-refractivity contribution >= 4 is 17.6 Å². The number of carbonyl (C=O) groups is 1. The Bertz CT molecular complexity index is 642. The van der Waals surface area contributed by atoms with Gasteiger partial charge < -0.3 is 14.7 Å². The van der Waals surface area contributed by atoms with Gasteiger partial charge >= 0.3 is 6.03 Å². The number of nitrogens with zero attached hydrogens (tertiary/aromatic N) is 3. The minimum atomic E-state index is -0.0965. The van der Waals surface area contributed by atoms with Crippen molar-refractivity contribution in [3.63, 3.8) is 0 Å². The van der Waals surface area contributed by atoms with E-state index in [1.807, 2.05) is 26.0 Å². The number of urea groups is 1. The number of carbonyl (C=O) groups excluding carboxylic acids is 1. The summed E-state index contributed by atoms with van der Waals surface area (Å²) >= 11 is 5.85. The first kappa shape index (κ1) is 17.3. The van der Waals surface area contributed by atoms with Crippen molar-refractivity contribution in [2.45, 2.75) is 32.7 Å². The second-order valence-electron chi connectivity index (χ2n) is 5.45. The largest absolute Gasteiger partial charge is 0.336 e. The van der Waals surface area contributed by atoms with E-state index in [0.29, 0.717) is 29.7 Å². The maximum Gasteiger partial charge on any atom is 0.317 e. The van der Waals surface area contributed by atoms with Crippen molar-refractivity contribution < 1.29 is 9.32 Å². The molecule has 1 N–H and O–H groups in total. The first-order chi connectivity index (χ1) is 11.0. The number of benzene rings is 1. The minimum Gasteiger partial charge on any atom is -0.336 e. The summed E-state index contributed by atoms with van der Waals surface area (Å²) in [5.41, 5.74) is 0.816. The molecule has 0 fully saturated rings. The van der Waals surface area contributed by atoms with Crippen LogP contribution in [0.4, 0.5) is 4.79 Å². The van der Waals surface area contributed by atoms with Gasteiger partial charge in [0.2, 0.25) is 0 Å². The molecule has 0 bridgehead atoms. The van der Waals surface area contributed by atoms with Gasteiger partial charge in [-0.3, -0.25) is 0 Å². The summed E-state index contributed by atoms with van der Waals surface area (Å²) in [4.78, 5) is 17.9. The summed E-state index contributed by atoms with van der Waals surface area (Å²) in [5, 5.41) is 7.51. The van der Waals surface area contributed by atoms with Crippen LogP contribution in [0.15, 0.2) is 28.8 Å². The molecule has 0 spiro atoms. The van der Waals surface area contributed by atoms with Gasteiger partial charge in [0.15, 0.2) is 5.82 Å². The summed E-state index contributed by atoms with van der Waals surface area (Å²) in [6.07, 6.45) is 1.43. The maximum atomic E-state index is 11.9. The van der Waals surface area contributed by atoms with Gasteiger partial charge in [-0.15, -0.1) is 0 Å². The number of rotatable bonds is 6. The number of amides is 2. The van der Waals surface area contributed by atoms with Crippen LogP contribution in [0.2, 0.25) is 5.02 Å². The van der Waals surface area contributed by atoms with Gasteiger partial charge in [-0.2, -0.15) is 4.98 Å². The van der Waals surface area contributed by atoms with Crippen molar-refractivity contribution in [1.29, 1.82) is 0 Å². The zero-order valence-electron chi connectivity index (χ0n) is 13.5. The molecule has 0 radical (unpaired) electrons. The van der Waals surface area contributed by atoms with Gasteiger partial charge in [0.25, 0.3) is 5.89 Å². The van der Waals surface area contributed by atoms with Crippen LogP contribution in [0.1, 0.15) is 26.1 Å². The summed E-state index contributed by atoms with van der Waals surface area (Å²) in [5.74, 6) is 1.02. The lowest BCUT2D eigenvalue weighted by atomic mass is 10.2. The molecule has 2 amide bonds. The Morgan fingerprint density at radius 1 is 1.39 bits per heavy atom. The Kier molecular flexibility index (Phi) is 5.98. The number of likely N-dealkylation sites (N-methyl/N-ethyl adjacent to an activating group) is 1. The van der Waals surface area contributed by atoms with Crippen LogP contribution in [-0.2, 0) is 6.42 Å². The molecule has 124 valence electrons. The fraction of sp³-hybridized carbons (Fsp3) is 0.438. The quantitative estimate of drug-likeness (QED) is 0.877. The smallest absolute Gasteiger partial charge is 0.317 e. The lowest BCUT2D eigenvalue weighted by Gasteiger charge is -2.20. The molecule has 0 saturated carbocycles. The van der Waals surface area contributed by atoms with E-state index < -0.39 is 0 Å². The Balaban J connectivity index is 1.89. The molecule has 0 saturated heterocycles. The van der Waals surface area contributed by atoms with Gasteiger partial charge in [-0.05, 0) is 37.6 Å². The number of aromatic nitrogens is 2. The van der Waals surface area contributed by atoms with Gasteiger partial charge in [0, 0.05) is 36.6 Å². The maximum absolute atomic E-state index is 11.9. The first-order valence-corrected chi connectivity index (χ1v) is 7.97. The first-order valence-electron chi connectivity index (χ1n) is 7.59. The van der Waals surface area contributed by atoms with E-state index in [2.05, 4.69) is 15.5 Å². The van der Waals surface area contributed by atoms with E-state index in [1.165, 1.54) is 0 Å². The molecule has 6 nitrogen and oxygen atoms in total. The van der Waals surface area contributed by atoms with E-state index in [4.69, 9.17) is 16.1 Å². The third kappa shape index (κ3) is 4.96. The topological polar surface area (TPSA) is 71.3 Å². The molecule has 7 heteroatoms. The predicted octanol–water partition coefficient (Wildman–Crippen LogP) is 3.37. The van der Waals surface area contributed by atoms with Crippen molar-refractivity contribution in [3.8, 4) is 11.5 Å². The minimum absolute atomic E-state index is 0.0965. The normalized spacial score (nSPS) is 12.0. The fourth-order valence-corrected chi connectivity index (χ4v) is 1.98. The SMILES string of the molecule is CCC(C)NC(=O)N(C)CCc1noc(-c2ccc(Cl)cc2)n1. The highest BCUT2D eigenvalue weighted by Gasteiger charge is 2.13. The monoisotopic (exact) mass is 336 g/mol. The second-order valence-corrected chi connectivity index (χ2v) is 5.89. The zero-order chi connectivity index (χ0) is 16.8. The highest BCUT2D eigenvalue weighted by molar-refractivity contribution is 6.30. The lowest BCUT2D eigenvalue weighted by Crippen LogP contribution is -2.42. The van der Waals surface area contributed by atoms with Crippen molar-refractivity contribution in [2.75, 3.05) is 13.6 Å². The second kappa shape index (κ2) is 7.97. The van der Waals surface area contributed by atoms with Crippen LogP contribution < -0.4 is 5.32 Å². The summed E-state index contributed by atoms with van der Waals surface area (Å²) in [6.45, 7) is 4.52. The third-order valence-electron chi connectivity index (χ3n) is 3.56. The zero-order valence-corrected chi connectivity index (χ0v) is 14.3. The summed E-state index contributed by atoms with van der Waals surface area (Å²) < 4.78 is 5.24. The molecule has 1 heterocycles. The molecular formula is C16H21ClN4O2. The van der Waals surface area contributed by atoms with E-state index >= 15 is 0 Å². The molecule has 2 aromatic rings. The molecule has 1 aromatic carbocycles. The fourth-order valence-electron chi connectivity index (χ4n) is 1.86. The van der Waals surface area contributed by atoms with Crippen molar-refractivity contribution in [3.05, 3.63) is 35.1 Å². The van der Waals surface area contributed by atoms with Gasteiger partial charge in [0.1, 0.15) is 0 Å². The Labute approximate surface area is 140 Å². The molecule has 0 aliphatic carbocycles. The van der Waals surface area contributed by atoms with Crippen LogP contribution in [0.5, 0.6) is 0 Å². The Morgan fingerprint density at radius 2 is 2.09 bits per heavy atom. The van der Waals surface area contributed by atoms with Crippen LogP contribution in [0.25, 0.3) is 11.5 Å². The van der Waals surface area contributed by atoms with Gasteiger partial charge in [0.05, 0.1) is 0 Å². The van der Waals surface area contributed by atoms with Crippen LogP contribution >= 0.6 is 11.6 Å². The molecule has 1 atom stereocenters. The standard InChI is InChI=1S/C16H21ClN4O2/c1-4-11(2)18-16(22)21(3)10-9-14-19-15(23-20-14)12-5-7-13(17)8-6-12/h5-8,11H,4,9-10H2,1-3H3,(H,18,22). The van der Waals surface area contributed by atoms with Crippen LogP contribution in [0, 0.1) is 0 Å².